The molecule has 1 aliphatic rings. The second kappa shape index (κ2) is 6.05. The Bertz CT molecular complexity index is 432. The first kappa shape index (κ1) is 13.1. The van der Waals surface area contributed by atoms with Gasteiger partial charge < -0.3 is 10.6 Å². The van der Waals surface area contributed by atoms with Gasteiger partial charge >= 0.3 is 0 Å². The first-order valence-corrected chi connectivity index (χ1v) is 6.77. The molecule has 18 heavy (non-hydrogen) atoms. The van der Waals surface area contributed by atoms with Crippen LogP contribution in [0.25, 0.3) is 0 Å². The molecule has 1 aromatic heterocycles. The molecule has 0 aromatic carbocycles. The van der Waals surface area contributed by atoms with Gasteiger partial charge in [0, 0.05) is 13.1 Å². The van der Waals surface area contributed by atoms with Crippen LogP contribution in [-0.2, 0) is 0 Å². The van der Waals surface area contributed by atoms with Crippen LogP contribution in [-0.4, -0.2) is 24.0 Å². The van der Waals surface area contributed by atoms with E-state index < -0.39 is 0 Å². The number of nitrogens with zero attached hydrogens (tertiary/aromatic N) is 1. The smallest absolute Gasteiger partial charge is 0.271 e. The fourth-order valence-corrected chi connectivity index (χ4v) is 1.79. The minimum Gasteiger partial charge on any atom is -0.370 e. The van der Waals surface area contributed by atoms with Crippen molar-refractivity contribution in [3.05, 3.63) is 22.8 Å². The molecule has 0 unspecified atom stereocenters. The van der Waals surface area contributed by atoms with Crippen molar-refractivity contribution < 1.29 is 4.79 Å². The number of nitrogens with one attached hydrogen (secondary N) is 2. The van der Waals surface area contributed by atoms with Gasteiger partial charge in [0.1, 0.15) is 11.5 Å². The van der Waals surface area contributed by atoms with Crippen LogP contribution in [0.1, 0.15) is 36.7 Å². The molecule has 1 heterocycles. The summed E-state index contributed by atoms with van der Waals surface area (Å²) < 4.78 is 0. The van der Waals surface area contributed by atoms with Crippen LogP contribution >= 0.6 is 11.6 Å². The third-order valence-corrected chi connectivity index (χ3v) is 3.17. The molecule has 1 amide bonds. The number of aromatic nitrogens is 1. The van der Waals surface area contributed by atoms with E-state index in [1.165, 1.54) is 12.8 Å². The minimum absolute atomic E-state index is 0.188. The van der Waals surface area contributed by atoms with Gasteiger partial charge in [0.2, 0.25) is 0 Å². The van der Waals surface area contributed by atoms with Gasteiger partial charge in [0.25, 0.3) is 5.91 Å². The van der Waals surface area contributed by atoms with E-state index in [1.54, 1.807) is 12.1 Å². The zero-order valence-corrected chi connectivity index (χ0v) is 11.3. The van der Waals surface area contributed by atoms with Gasteiger partial charge in [-0.2, -0.15) is 0 Å². The SMILES string of the molecule is CCCNc1ccc(Cl)c(C(=O)NCC2CC2)n1. The summed E-state index contributed by atoms with van der Waals surface area (Å²) in [5.41, 5.74) is 0.304. The lowest BCUT2D eigenvalue weighted by atomic mass is 10.3. The van der Waals surface area contributed by atoms with E-state index in [2.05, 4.69) is 22.5 Å². The van der Waals surface area contributed by atoms with E-state index in [1.807, 2.05) is 0 Å². The molecule has 0 aliphatic heterocycles. The maximum absolute atomic E-state index is 11.9. The fourth-order valence-electron chi connectivity index (χ4n) is 1.60. The van der Waals surface area contributed by atoms with Crippen LogP contribution in [0, 0.1) is 5.92 Å². The number of carbonyl (C=O) groups excluding carboxylic acids is 1. The number of rotatable bonds is 6. The number of carbonyl (C=O) groups is 1. The van der Waals surface area contributed by atoms with E-state index in [0.29, 0.717) is 22.5 Å². The second-order valence-corrected chi connectivity index (χ2v) is 5.01. The van der Waals surface area contributed by atoms with Crippen molar-refractivity contribution >= 4 is 23.3 Å². The molecule has 1 aliphatic carbocycles. The van der Waals surface area contributed by atoms with E-state index >= 15 is 0 Å². The largest absolute Gasteiger partial charge is 0.370 e. The van der Waals surface area contributed by atoms with Gasteiger partial charge in [-0.3, -0.25) is 4.79 Å². The predicted molar refractivity (Wildman–Crippen MR) is 73.1 cm³/mol. The number of anilines is 1. The van der Waals surface area contributed by atoms with Crippen LogP contribution in [0.2, 0.25) is 5.02 Å². The van der Waals surface area contributed by atoms with Gasteiger partial charge in [-0.1, -0.05) is 18.5 Å². The Labute approximate surface area is 112 Å². The lowest BCUT2D eigenvalue weighted by Gasteiger charge is -2.08. The van der Waals surface area contributed by atoms with Gasteiger partial charge in [0.05, 0.1) is 5.02 Å². The van der Waals surface area contributed by atoms with Crippen LogP contribution in [0.4, 0.5) is 5.82 Å². The highest BCUT2D eigenvalue weighted by molar-refractivity contribution is 6.33. The molecule has 0 radical (unpaired) electrons. The lowest BCUT2D eigenvalue weighted by Crippen LogP contribution is -2.27. The molecule has 0 saturated heterocycles. The van der Waals surface area contributed by atoms with Gasteiger partial charge in [-0.15, -0.1) is 0 Å². The molecule has 2 N–H and O–H groups in total. The fraction of sp³-hybridized carbons (Fsp3) is 0.538. The molecular weight excluding hydrogens is 250 g/mol. The van der Waals surface area contributed by atoms with Crippen LogP contribution < -0.4 is 10.6 Å². The van der Waals surface area contributed by atoms with E-state index in [9.17, 15) is 4.79 Å². The number of amides is 1. The molecule has 4 nitrogen and oxygen atoms in total. The van der Waals surface area contributed by atoms with Crippen LogP contribution in [0.3, 0.4) is 0 Å². The Morgan fingerprint density at radius 3 is 2.94 bits per heavy atom. The van der Waals surface area contributed by atoms with Crippen molar-refractivity contribution in [3.8, 4) is 0 Å². The maximum Gasteiger partial charge on any atom is 0.271 e. The summed E-state index contributed by atoms with van der Waals surface area (Å²) >= 11 is 6.00. The van der Waals surface area contributed by atoms with E-state index in [4.69, 9.17) is 11.6 Å². The van der Waals surface area contributed by atoms with Crippen molar-refractivity contribution in [2.45, 2.75) is 26.2 Å². The summed E-state index contributed by atoms with van der Waals surface area (Å²) in [5.74, 6) is 1.15. The van der Waals surface area contributed by atoms with Crippen molar-refractivity contribution in [2.75, 3.05) is 18.4 Å². The Morgan fingerprint density at radius 1 is 1.50 bits per heavy atom. The molecule has 0 spiro atoms. The second-order valence-electron chi connectivity index (χ2n) is 4.61. The third-order valence-electron chi connectivity index (χ3n) is 2.87. The Kier molecular flexibility index (Phi) is 4.42. The van der Waals surface area contributed by atoms with E-state index in [-0.39, 0.29) is 5.91 Å². The average Bonchev–Trinajstić information content (AvgIpc) is 3.19. The zero-order chi connectivity index (χ0) is 13.0. The number of hydrogen-bond acceptors (Lipinski definition) is 3. The quantitative estimate of drug-likeness (QED) is 0.833. The Balaban J connectivity index is 2.01. The average molecular weight is 268 g/mol. The predicted octanol–water partition coefficient (Wildman–Crippen LogP) is 2.70. The van der Waals surface area contributed by atoms with Crippen molar-refractivity contribution in [3.63, 3.8) is 0 Å². The normalized spacial score (nSPS) is 14.3. The highest BCUT2D eigenvalue weighted by atomic mass is 35.5. The zero-order valence-electron chi connectivity index (χ0n) is 10.5. The lowest BCUT2D eigenvalue weighted by molar-refractivity contribution is 0.0947. The molecular formula is C13H18ClN3O. The Hall–Kier alpha value is -1.29. The van der Waals surface area contributed by atoms with E-state index in [0.717, 1.165) is 19.5 Å². The summed E-state index contributed by atoms with van der Waals surface area (Å²) in [4.78, 5) is 16.2. The summed E-state index contributed by atoms with van der Waals surface area (Å²) in [6, 6.07) is 3.49. The van der Waals surface area contributed by atoms with Gasteiger partial charge in [-0.25, -0.2) is 4.98 Å². The number of halogens is 1. The maximum atomic E-state index is 11.9. The number of pyridine rings is 1. The van der Waals surface area contributed by atoms with Crippen molar-refractivity contribution in [2.24, 2.45) is 5.92 Å². The molecule has 98 valence electrons. The van der Waals surface area contributed by atoms with Crippen molar-refractivity contribution in [1.82, 2.24) is 10.3 Å². The molecule has 0 atom stereocenters. The molecule has 5 heteroatoms. The number of hydrogen-bond donors (Lipinski definition) is 2. The highest BCUT2D eigenvalue weighted by Crippen LogP contribution is 2.27. The minimum atomic E-state index is -0.188. The highest BCUT2D eigenvalue weighted by Gasteiger charge is 2.22. The first-order chi connectivity index (χ1) is 8.70. The summed E-state index contributed by atoms with van der Waals surface area (Å²) in [6.07, 6.45) is 3.42. The Morgan fingerprint density at radius 2 is 2.28 bits per heavy atom. The molecule has 2 rings (SSSR count). The summed E-state index contributed by atoms with van der Waals surface area (Å²) in [7, 11) is 0. The summed E-state index contributed by atoms with van der Waals surface area (Å²) in [5, 5.41) is 6.41. The monoisotopic (exact) mass is 267 g/mol. The van der Waals surface area contributed by atoms with Crippen LogP contribution in [0.15, 0.2) is 12.1 Å². The molecule has 0 bridgehead atoms. The molecule has 1 saturated carbocycles. The standard InChI is InChI=1S/C13H18ClN3O/c1-2-7-15-11-6-5-10(14)12(17-11)13(18)16-8-9-3-4-9/h5-6,9H,2-4,7-8H2,1H3,(H,15,17)(H,16,18). The van der Waals surface area contributed by atoms with Gasteiger partial charge in [-0.05, 0) is 37.3 Å². The summed E-state index contributed by atoms with van der Waals surface area (Å²) in [6.45, 7) is 3.63. The topological polar surface area (TPSA) is 54.0 Å². The first-order valence-electron chi connectivity index (χ1n) is 6.39. The third kappa shape index (κ3) is 3.60. The molecule has 1 fully saturated rings. The van der Waals surface area contributed by atoms with Crippen molar-refractivity contribution in [1.29, 1.82) is 0 Å². The van der Waals surface area contributed by atoms with Crippen LogP contribution in [0.5, 0.6) is 0 Å². The molecule has 1 aromatic rings. The van der Waals surface area contributed by atoms with Gasteiger partial charge in [0.15, 0.2) is 0 Å².